The number of carbonyl (C=O) groups excluding carboxylic acids is 1. The molecule has 1 aromatic rings. The van der Waals surface area contributed by atoms with Gasteiger partial charge in [0.05, 0.1) is 11.7 Å². The van der Waals surface area contributed by atoms with Crippen molar-refractivity contribution in [3.05, 3.63) is 29.6 Å². The third kappa shape index (κ3) is 2.89. The largest absolute Gasteiger partial charge is 0.396 e. The first-order chi connectivity index (χ1) is 9.15. The van der Waals surface area contributed by atoms with Gasteiger partial charge in [0.2, 0.25) is 0 Å². The molecule has 100 valence electrons. The number of piperidine rings is 1. The minimum atomic E-state index is -0.700. The molecule has 2 atom stereocenters. The third-order valence-corrected chi connectivity index (χ3v) is 3.37. The van der Waals surface area contributed by atoms with Gasteiger partial charge in [-0.15, -0.1) is 0 Å². The van der Waals surface area contributed by atoms with Gasteiger partial charge in [0.15, 0.2) is 0 Å². The molecule has 6 heteroatoms. The number of aliphatic hydroxyl groups excluding tert-OH is 2. The number of nitrogens with zero attached hydrogens (tertiary/aromatic N) is 3. The van der Waals surface area contributed by atoms with Crippen LogP contribution in [0.3, 0.4) is 0 Å². The molecule has 1 fully saturated rings. The summed E-state index contributed by atoms with van der Waals surface area (Å²) >= 11 is 0. The van der Waals surface area contributed by atoms with Gasteiger partial charge in [0.25, 0.3) is 5.91 Å². The van der Waals surface area contributed by atoms with Crippen LogP contribution in [0.2, 0.25) is 0 Å². The van der Waals surface area contributed by atoms with E-state index in [1.807, 2.05) is 6.07 Å². The molecule has 0 spiro atoms. The number of amides is 1. The summed E-state index contributed by atoms with van der Waals surface area (Å²) in [5.74, 6) is -0.379. The van der Waals surface area contributed by atoms with Gasteiger partial charge >= 0.3 is 0 Å². The summed E-state index contributed by atoms with van der Waals surface area (Å²) in [6, 6.07) is 4.93. The molecule has 1 aromatic heterocycles. The lowest BCUT2D eigenvalue weighted by atomic mass is 9.94. The standard InChI is InChI=1S/C13H15N3O3/c14-5-11-2-1-9(6-15-11)13(19)16-4-3-10(8-17)12(18)7-16/h1-2,6,10,12,17-18H,3-4,7-8H2/t10-,12-/m0/s1. The number of nitriles is 1. The van der Waals surface area contributed by atoms with Crippen molar-refractivity contribution in [2.75, 3.05) is 19.7 Å². The van der Waals surface area contributed by atoms with Crippen molar-refractivity contribution >= 4 is 5.91 Å². The van der Waals surface area contributed by atoms with Crippen LogP contribution in [0.4, 0.5) is 0 Å². The summed E-state index contributed by atoms with van der Waals surface area (Å²) in [6.07, 6.45) is 1.24. The van der Waals surface area contributed by atoms with Gasteiger partial charge in [-0.1, -0.05) is 0 Å². The molecule has 19 heavy (non-hydrogen) atoms. The lowest BCUT2D eigenvalue weighted by Crippen LogP contribution is -2.47. The quantitative estimate of drug-likeness (QED) is 0.766. The van der Waals surface area contributed by atoms with E-state index in [2.05, 4.69) is 4.98 Å². The van der Waals surface area contributed by atoms with Crippen molar-refractivity contribution in [3.8, 4) is 6.07 Å². The van der Waals surface area contributed by atoms with E-state index in [0.717, 1.165) is 0 Å². The lowest BCUT2D eigenvalue weighted by molar-refractivity contribution is 0.000860. The van der Waals surface area contributed by atoms with Gasteiger partial charge < -0.3 is 15.1 Å². The normalized spacial score (nSPS) is 22.9. The fraction of sp³-hybridized carbons (Fsp3) is 0.462. The predicted octanol–water partition coefficient (Wildman–Crippen LogP) is -0.231. The van der Waals surface area contributed by atoms with Crippen molar-refractivity contribution in [2.24, 2.45) is 5.92 Å². The number of carbonyl (C=O) groups is 1. The van der Waals surface area contributed by atoms with Crippen molar-refractivity contribution in [1.29, 1.82) is 5.26 Å². The number of aliphatic hydroxyl groups is 2. The molecule has 0 radical (unpaired) electrons. The molecular weight excluding hydrogens is 246 g/mol. The van der Waals surface area contributed by atoms with Crippen molar-refractivity contribution in [1.82, 2.24) is 9.88 Å². The molecule has 2 heterocycles. The summed E-state index contributed by atoms with van der Waals surface area (Å²) in [7, 11) is 0. The second-order valence-corrected chi connectivity index (χ2v) is 4.59. The molecule has 0 aliphatic carbocycles. The predicted molar refractivity (Wildman–Crippen MR) is 66.1 cm³/mol. The van der Waals surface area contributed by atoms with Crippen LogP contribution in [0.5, 0.6) is 0 Å². The van der Waals surface area contributed by atoms with Crippen molar-refractivity contribution in [3.63, 3.8) is 0 Å². The minimum Gasteiger partial charge on any atom is -0.396 e. The van der Waals surface area contributed by atoms with Gasteiger partial charge in [-0.3, -0.25) is 4.79 Å². The molecule has 0 unspecified atom stereocenters. The Labute approximate surface area is 110 Å². The molecule has 6 nitrogen and oxygen atoms in total. The van der Waals surface area contributed by atoms with E-state index < -0.39 is 6.10 Å². The number of hydrogen-bond acceptors (Lipinski definition) is 5. The van der Waals surface area contributed by atoms with Gasteiger partial charge in [-0.2, -0.15) is 5.26 Å². The van der Waals surface area contributed by atoms with E-state index in [0.29, 0.717) is 18.5 Å². The Morgan fingerprint density at radius 1 is 1.58 bits per heavy atom. The average Bonchev–Trinajstić information content (AvgIpc) is 2.46. The Kier molecular flexibility index (Phi) is 4.10. The maximum atomic E-state index is 12.2. The van der Waals surface area contributed by atoms with Gasteiger partial charge in [-0.25, -0.2) is 4.98 Å². The summed E-state index contributed by atoms with van der Waals surface area (Å²) in [5.41, 5.74) is 0.657. The van der Waals surface area contributed by atoms with Crippen LogP contribution in [0.25, 0.3) is 0 Å². The monoisotopic (exact) mass is 261 g/mol. The summed E-state index contributed by atoms with van der Waals surface area (Å²) in [4.78, 5) is 17.6. The first-order valence-electron chi connectivity index (χ1n) is 6.10. The topological polar surface area (TPSA) is 97.5 Å². The second kappa shape index (κ2) is 5.78. The molecule has 0 aromatic carbocycles. The molecule has 1 saturated heterocycles. The third-order valence-electron chi connectivity index (χ3n) is 3.37. The smallest absolute Gasteiger partial charge is 0.255 e. The molecule has 1 aliphatic heterocycles. The highest BCUT2D eigenvalue weighted by molar-refractivity contribution is 5.94. The zero-order valence-corrected chi connectivity index (χ0v) is 10.4. The Hall–Kier alpha value is -1.97. The first-order valence-corrected chi connectivity index (χ1v) is 6.10. The summed E-state index contributed by atoms with van der Waals surface area (Å²) in [6.45, 7) is 0.646. The maximum Gasteiger partial charge on any atom is 0.255 e. The van der Waals surface area contributed by atoms with E-state index in [4.69, 9.17) is 10.4 Å². The van der Waals surface area contributed by atoms with Gasteiger partial charge in [0.1, 0.15) is 11.8 Å². The first kappa shape index (κ1) is 13.5. The number of rotatable bonds is 2. The fourth-order valence-corrected chi connectivity index (χ4v) is 2.15. The Balaban J connectivity index is 2.06. The zero-order valence-electron chi connectivity index (χ0n) is 10.4. The average molecular weight is 261 g/mol. The number of hydrogen-bond donors (Lipinski definition) is 2. The second-order valence-electron chi connectivity index (χ2n) is 4.59. The number of likely N-dealkylation sites (tertiary alicyclic amines) is 1. The Morgan fingerprint density at radius 3 is 2.89 bits per heavy atom. The highest BCUT2D eigenvalue weighted by Gasteiger charge is 2.30. The van der Waals surface area contributed by atoms with E-state index in [1.54, 1.807) is 11.0 Å². The van der Waals surface area contributed by atoms with Gasteiger partial charge in [0, 0.05) is 31.8 Å². The SMILES string of the molecule is N#Cc1ccc(C(=O)N2CC[C@@H](CO)[C@@H](O)C2)cn1. The molecule has 1 aliphatic rings. The van der Waals surface area contributed by atoms with Crippen molar-refractivity contribution < 1.29 is 15.0 Å². The fourth-order valence-electron chi connectivity index (χ4n) is 2.15. The minimum absolute atomic E-state index is 0.0678. The van der Waals surface area contributed by atoms with E-state index >= 15 is 0 Å². The summed E-state index contributed by atoms with van der Waals surface area (Å²) in [5, 5.41) is 27.5. The Bertz CT molecular complexity index is 495. The van der Waals surface area contributed by atoms with Crippen molar-refractivity contribution in [2.45, 2.75) is 12.5 Å². The lowest BCUT2D eigenvalue weighted by Gasteiger charge is -2.35. The summed E-state index contributed by atoms with van der Waals surface area (Å²) < 4.78 is 0. The molecular formula is C13H15N3O3. The highest BCUT2D eigenvalue weighted by atomic mass is 16.3. The van der Waals surface area contributed by atoms with E-state index in [1.165, 1.54) is 12.3 Å². The van der Waals surface area contributed by atoms with E-state index in [-0.39, 0.29) is 30.7 Å². The maximum absolute atomic E-state index is 12.2. The van der Waals surface area contributed by atoms with Gasteiger partial charge in [-0.05, 0) is 18.6 Å². The number of aromatic nitrogens is 1. The van der Waals surface area contributed by atoms with Crippen LogP contribution in [0, 0.1) is 17.2 Å². The van der Waals surface area contributed by atoms with E-state index in [9.17, 15) is 9.90 Å². The molecule has 1 amide bonds. The number of pyridine rings is 1. The Morgan fingerprint density at radius 2 is 2.37 bits per heavy atom. The number of β-amino-alcohol motifs (C(OH)–C–C–N with tert-alkyl or cyclic N) is 1. The van der Waals surface area contributed by atoms with Crippen LogP contribution in [0.15, 0.2) is 18.3 Å². The van der Waals surface area contributed by atoms with Crippen LogP contribution >= 0.6 is 0 Å². The molecule has 0 saturated carbocycles. The molecule has 2 rings (SSSR count). The zero-order chi connectivity index (χ0) is 13.8. The van der Waals surface area contributed by atoms with Crippen LogP contribution < -0.4 is 0 Å². The molecule has 2 N–H and O–H groups in total. The van der Waals surface area contributed by atoms with Crippen LogP contribution in [-0.4, -0.2) is 51.8 Å². The van der Waals surface area contributed by atoms with Crippen LogP contribution in [0.1, 0.15) is 22.5 Å². The molecule has 0 bridgehead atoms. The highest BCUT2D eigenvalue weighted by Crippen LogP contribution is 2.19. The van der Waals surface area contributed by atoms with Crippen LogP contribution in [-0.2, 0) is 0 Å².